The lowest BCUT2D eigenvalue weighted by Gasteiger charge is -1.91. The predicted molar refractivity (Wildman–Crippen MR) is 49.1 cm³/mol. The average Bonchev–Trinajstić information content (AvgIpc) is 2.72. The Labute approximate surface area is 82.6 Å². The van der Waals surface area contributed by atoms with Crippen molar-refractivity contribution < 1.29 is 4.79 Å². The molecule has 0 aliphatic carbocycles. The lowest BCUT2D eigenvalue weighted by molar-refractivity contribution is 0.103. The van der Waals surface area contributed by atoms with Gasteiger partial charge in [0.15, 0.2) is 5.82 Å². The number of carbonyl (C=O) groups excluding carboxylic acids is 1. The van der Waals surface area contributed by atoms with Gasteiger partial charge in [-0.2, -0.15) is 5.10 Å². The van der Waals surface area contributed by atoms with Crippen LogP contribution in [0.3, 0.4) is 0 Å². The number of ketones is 1. The summed E-state index contributed by atoms with van der Waals surface area (Å²) in [6.45, 7) is 0. The van der Waals surface area contributed by atoms with Crippen LogP contribution in [0.1, 0.15) is 15.5 Å². The number of carbonyl (C=O) groups is 1. The molecule has 0 bridgehead atoms. The smallest absolute Gasteiger partial charge is 0.241 e. The molecule has 0 aliphatic heterocycles. The molecule has 0 amide bonds. The molecule has 2 aromatic rings. The minimum absolute atomic E-state index is 0.212. The fourth-order valence-electron chi connectivity index (χ4n) is 0.878. The second-order valence-electron chi connectivity index (χ2n) is 2.26. The molecule has 0 radical (unpaired) electrons. The van der Waals surface area contributed by atoms with Crippen LogP contribution in [0.25, 0.3) is 0 Å². The second kappa shape index (κ2) is 3.27. The van der Waals surface area contributed by atoms with Crippen LogP contribution in [0.4, 0.5) is 0 Å². The Morgan fingerprint density at radius 1 is 1.62 bits per heavy atom. The molecule has 0 saturated carbocycles. The first-order valence-electron chi connectivity index (χ1n) is 3.42. The summed E-state index contributed by atoms with van der Waals surface area (Å²) in [5.74, 6) is -0.0122. The van der Waals surface area contributed by atoms with Gasteiger partial charge in [0.2, 0.25) is 5.78 Å². The first-order chi connectivity index (χ1) is 6.29. The van der Waals surface area contributed by atoms with Crippen molar-refractivity contribution >= 4 is 28.7 Å². The number of H-pyrrole nitrogens is 1. The van der Waals surface area contributed by atoms with Gasteiger partial charge in [-0.3, -0.25) is 9.89 Å². The summed E-state index contributed by atoms with van der Waals surface area (Å²) in [6.07, 6.45) is 1.29. The van der Waals surface area contributed by atoms with E-state index < -0.39 is 0 Å². The molecule has 0 unspecified atom stereocenters. The summed E-state index contributed by atoms with van der Waals surface area (Å²) in [5, 5.41) is 8.28. The zero-order chi connectivity index (χ0) is 9.26. The maximum atomic E-state index is 11.6. The average molecular weight is 214 g/mol. The minimum Gasteiger partial charge on any atom is -0.284 e. The number of halogens is 1. The molecule has 2 rings (SSSR count). The van der Waals surface area contributed by atoms with Gasteiger partial charge in [0.05, 0.1) is 9.90 Å². The molecule has 4 nitrogen and oxygen atoms in total. The molecule has 0 fully saturated rings. The molecular formula is C7H4ClN3OS. The molecular weight excluding hydrogens is 210 g/mol. The highest BCUT2D eigenvalue weighted by Crippen LogP contribution is 2.23. The Morgan fingerprint density at radius 3 is 3.00 bits per heavy atom. The summed E-state index contributed by atoms with van der Waals surface area (Å²) in [5.41, 5.74) is 0. The third-order valence-electron chi connectivity index (χ3n) is 1.45. The first-order valence-corrected chi connectivity index (χ1v) is 4.68. The normalized spacial score (nSPS) is 10.2. The third-order valence-corrected chi connectivity index (χ3v) is 2.79. The number of aromatic nitrogens is 3. The molecule has 0 aromatic carbocycles. The van der Waals surface area contributed by atoms with E-state index in [4.69, 9.17) is 11.6 Å². The number of aromatic amines is 1. The Kier molecular flexibility index (Phi) is 2.12. The van der Waals surface area contributed by atoms with Crippen molar-refractivity contribution in [1.29, 1.82) is 0 Å². The van der Waals surface area contributed by atoms with E-state index >= 15 is 0 Å². The van der Waals surface area contributed by atoms with Crippen LogP contribution in [0.15, 0.2) is 17.8 Å². The number of rotatable bonds is 2. The van der Waals surface area contributed by atoms with E-state index in [2.05, 4.69) is 15.2 Å². The Hall–Kier alpha value is -1.20. The minimum atomic E-state index is -0.225. The van der Waals surface area contributed by atoms with Crippen molar-refractivity contribution in [3.8, 4) is 0 Å². The highest BCUT2D eigenvalue weighted by molar-refractivity contribution is 7.13. The molecule has 0 atom stereocenters. The van der Waals surface area contributed by atoms with Gasteiger partial charge in [0.1, 0.15) is 6.33 Å². The summed E-state index contributed by atoms with van der Waals surface area (Å²) >= 11 is 7.07. The van der Waals surface area contributed by atoms with E-state index in [1.165, 1.54) is 17.7 Å². The Bertz CT molecular complexity index is 423. The monoisotopic (exact) mass is 213 g/mol. The van der Waals surface area contributed by atoms with Crippen molar-refractivity contribution in [2.45, 2.75) is 0 Å². The zero-order valence-corrected chi connectivity index (χ0v) is 7.89. The van der Waals surface area contributed by atoms with Crippen molar-refractivity contribution in [2.75, 3.05) is 0 Å². The maximum absolute atomic E-state index is 11.6. The quantitative estimate of drug-likeness (QED) is 0.774. The number of thiophene rings is 1. The van der Waals surface area contributed by atoms with E-state index in [9.17, 15) is 4.79 Å². The van der Waals surface area contributed by atoms with Crippen molar-refractivity contribution in [3.05, 3.63) is 33.5 Å². The second-order valence-corrected chi connectivity index (χ2v) is 3.58. The number of hydrogen-bond acceptors (Lipinski definition) is 4. The van der Waals surface area contributed by atoms with E-state index in [1.807, 2.05) is 0 Å². The van der Waals surface area contributed by atoms with Crippen LogP contribution in [0.5, 0.6) is 0 Å². The SMILES string of the molecule is O=C(c1ncn[nH]1)c1sccc1Cl. The van der Waals surface area contributed by atoms with Gasteiger partial charge >= 0.3 is 0 Å². The van der Waals surface area contributed by atoms with Crippen LogP contribution in [-0.4, -0.2) is 21.0 Å². The fourth-order valence-corrected chi connectivity index (χ4v) is 1.96. The largest absolute Gasteiger partial charge is 0.284 e. The fraction of sp³-hybridized carbons (Fsp3) is 0. The van der Waals surface area contributed by atoms with E-state index in [1.54, 1.807) is 11.4 Å². The van der Waals surface area contributed by atoms with Crippen LogP contribution < -0.4 is 0 Å². The highest BCUT2D eigenvalue weighted by atomic mass is 35.5. The van der Waals surface area contributed by atoms with Gasteiger partial charge in [-0.1, -0.05) is 11.6 Å². The number of nitrogens with one attached hydrogen (secondary N) is 1. The first kappa shape index (κ1) is 8.40. The topological polar surface area (TPSA) is 58.6 Å². The third kappa shape index (κ3) is 1.48. The van der Waals surface area contributed by atoms with Crippen molar-refractivity contribution in [2.24, 2.45) is 0 Å². The molecule has 0 saturated heterocycles. The van der Waals surface area contributed by atoms with E-state index in [-0.39, 0.29) is 11.6 Å². The maximum Gasteiger partial charge on any atom is 0.241 e. The number of hydrogen-bond donors (Lipinski definition) is 1. The van der Waals surface area contributed by atoms with Crippen LogP contribution >= 0.6 is 22.9 Å². The molecule has 0 aliphatic rings. The number of nitrogens with zero attached hydrogens (tertiary/aromatic N) is 2. The molecule has 6 heteroatoms. The summed E-state index contributed by atoms with van der Waals surface area (Å²) < 4.78 is 0. The molecule has 0 spiro atoms. The summed E-state index contributed by atoms with van der Waals surface area (Å²) in [4.78, 5) is 15.8. The van der Waals surface area contributed by atoms with Crippen LogP contribution in [0.2, 0.25) is 5.02 Å². The van der Waals surface area contributed by atoms with Crippen LogP contribution in [-0.2, 0) is 0 Å². The van der Waals surface area contributed by atoms with Gasteiger partial charge in [-0.15, -0.1) is 11.3 Å². The van der Waals surface area contributed by atoms with Crippen molar-refractivity contribution in [3.63, 3.8) is 0 Å². The summed E-state index contributed by atoms with van der Waals surface area (Å²) in [7, 11) is 0. The van der Waals surface area contributed by atoms with E-state index in [0.717, 1.165) is 0 Å². The van der Waals surface area contributed by atoms with Gasteiger partial charge in [0.25, 0.3) is 0 Å². The standard InChI is InChI=1S/C7H4ClN3OS/c8-4-1-2-13-6(4)5(12)7-9-3-10-11-7/h1-3H,(H,9,10,11). The van der Waals surface area contributed by atoms with Gasteiger partial charge < -0.3 is 0 Å². The Morgan fingerprint density at radius 2 is 2.46 bits per heavy atom. The molecule has 2 heterocycles. The van der Waals surface area contributed by atoms with Gasteiger partial charge in [-0.05, 0) is 11.4 Å². The summed E-state index contributed by atoms with van der Waals surface area (Å²) in [6, 6.07) is 1.68. The molecule has 2 aromatic heterocycles. The molecule has 66 valence electrons. The predicted octanol–water partition coefficient (Wildman–Crippen LogP) is 1.75. The molecule has 1 N–H and O–H groups in total. The van der Waals surface area contributed by atoms with Crippen LogP contribution in [0, 0.1) is 0 Å². The molecule has 13 heavy (non-hydrogen) atoms. The van der Waals surface area contributed by atoms with Gasteiger partial charge in [-0.25, -0.2) is 4.98 Å². The van der Waals surface area contributed by atoms with Crippen molar-refractivity contribution in [1.82, 2.24) is 15.2 Å². The lowest BCUT2D eigenvalue weighted by atomic mass is 10.3. The van der Waals surface area contributed by atoms with Gasteiger partial charge in [0, 0.05) is 0 Å². The Balaban J connectivity index is 2.39. The lowest BCUT2D eigenvalue weighted by Crippen LogP contribution is -2.01. The highest BCUT2D eigenvalue weighted by Gasteiger charge is 2.16. The zero-order valence-electron chi connectivity index (χ0n) is 6.32. The van der Waals surface area contributed by atoms with E-state index in [0.29, 0.717) is 9.90 Å².